The van der Waals surface area contributed by atoms with Crippen molar-refractivity contribution < 1.29 is 5.21 Å². The van der Waals surface area contributed by atoms with Crippen molar-refractivity contribution in [2.24, 2.45) is 11.8 Å². The smallest absolute Gasteiger partial charge is 0.0263 e. The second kappa shape index (κ2) is 4.83. The molecule has 0 bridgehead atoms. The highest BCUT2D eigenvalue weighted by Crippen LogP contribution is 2.30. The highest BCUT2D eigenvalue weighted by Gasteiger charge is 2.20. The number of rotatable bonds is 3. The van der Waals surface area contributed by atoms with Gasteiger partial charge in [0.1, 0.15) is 0 Å². The molecule has 0 radical (unpaired) electrons. The molecule has 0 amide bonds. The van der Waals surface area contributed by atoms with E-state index in [-0.39, 0.29) is 0 Å². The van der Waals surface area contributed by atoms with Crippen LogP contribution in [0.25, 0.3) is 0 Å². The molecule has 0 aromatic heterocycles. The maximum Gasteiger partial charge on any atom is 0.0263 e. The van der Waals surface area contributed by atoms with Crippen LogP contribution < -0.4 is 0 Å². The van der Waals surface area contributed by atoms with Crippen LogP contribution in [-0.4, -0.2) is 23.9 Å². The fraction of sp³-hybridized carbons (Fsp3) is 1.00. The highest BCUT2D eigenvalue weighted by atomic mass is 16.5. The summed E-state index contributed by atoms with van der Waals surface area (Å²) in [5.74, 6) is 1.70. The largest absolute Gasteiger partial charge is 0.314 e. The fourth-order valence-corrected chi connectivity index (χ4v) is 2.20. The van der Waals surface area contributed by atoms with Crippen molar-refractivity contribution in [2.75, 3.05) is 13.6 Å². The van der Waals surface area contributed by atoms with Crippen molar-refractivity contribution in [1.29, 1.82) is 0 Å². The normalized spacial score (nSPS) is 31.0. The molecule has 12 heavy (non-hydrogen) atoms. The Morgan fingerprint density at radius 2 is 1.67 bits per heavy atom. The highest BCUT2D eigenvalue weighted by molar-refractivity contribution is 4.72. The summed E-state index contributed by atoms with van der Waals surface area (Å²) in [6.45, 7) is 3.14. The average molecular weight is 171 g/mol. The zero-order valence-corrected chi connectivity index (χ0v) is 8.29. The Morgan fingerprint density at radius 1 is 1.17 bits per heavy atom. The monoisotopic (exact) mass is 171 g/mol. The third kappa shape index (κ3) is 3.11. The van der Waals surface area contributed by atoms with E-state index in [4.69, 9.17) is 5.21 Å². The van der Waals surface area contributed by atoms with Crippen LogP contribution in [0.2, 0.25) is 0 Å². The summed E-state index contributed by atoms with van der Waals surface area (Å²) in [5, 5.41) is 10.4. The first kappa shape index (κ1) is 10.0. The van der Waals surface area contributed by atoms with Gasteiger partial charge in [-0.2, -0.15) is 5.06 Å². The molecule has 0 spiro atoms. The van der Waals surface area contributed by atoms with E-state index in [2.05, 4.69) is 6.92 Å². The number of hydrogen-bond acceptors (Lipinski definition) is 2. The second-order valence-corrected chi connectivity index (χ2v) is 4.14. The van der Waals surface area contributed by atoms with Crippen LogP contribution in [0.1, 0.15) is 39.0 Å². The number of nitrogens with zero attached hydrogens (tertiary/aromatic N) is 1. The van der Waals surface area contributed by atoms with E-state index >= 15 is 0 Å². The Morgan fingerprint density at radius 3 is 2.08 bits per heavy atom. The fourth-order valence-electron chi connectivity index (χ4n) is 2.20. The van der Waals surface area contributed by atoms with E-state index in [0.29, 0.717) is 0 Å². The van der Waals surface area contributed by atoms with Gasteiger partial charge in [-0.15, -0.1) is 0 Å². The van der Waals surface area contributed by atoms with Gasteiger partial charge in [0.2, 0.25) is 0 Å². The summed E-state index contributed by atoms with van der Waals surface area (Å²) in [5.41, 5.74) is 0. The molecule has 1 N–H and O–H groups in total. The quantitative estimate of drug-likeness (QED) is 0.660. The molecule has 0 aromatic carbocycles. The van der Waals surface area contributed by atoms with Crippen LogP contribution in [0.15, 0.2) is 0 Å². The van der Waals surface area contributed by atoms with Crippen molar-refractivity contribution in [3.8, 4) is 0 Å². The first-order valence-electron chi connectivity index (χ1n) is 5.12. The van der Waals surface area contributed by atoms with Crippen molar-refractivity contribution in [3.63, 3.8) is 0 Å². The summed E-state index contributed by atoms with van der Waals surface area (Å²) in [4.78, 5) is 0. The molecule has 1 rings (SSSR count). The summed E-state index contributed by atoms with van der Waals surface area (Å²) in [7, 11) is 1.74. The minimum Gasteiger partial charge on any atom is -0.314 e. The number of hydroxylamine groups is 2. The molecular formula is C10H21NO. The first-order chi connectivity index (χ1) is 5.72. The molecule has 0 unspecified atom stereocenters. The molecule has 1 fully saturated rings. The molecule has 0 aliphatic heterocycles. The summed E-state index contributed by atoms with van der Waals surface area (Å²) >= 11 is 0. The first-order valence-corrected chi connectivity index (χ1v) is 5.12. The summed E-state index contributed by atoms with van der Waals surface area (Å²) in [6.07, 6.45) is 6.69. The Bertz CT molecular complexity index is 117. The van der Waals surface area contributed by atoms with Gasteiger partial charge in [0, 0.05) is 13.6 Å². The lowest BCUT2D eigenvalue weighted by Gasteiger charge is -2.28. The zero-order valence-electron chi connectivity index (χ0n) is 8.29. The third-order valence-electron chi connectivity index (χ3n) is 3.07. The van der Waals surface area contributed by atoms with Crippen LogP contribution in [0.3, 0.4) is 0 Å². The topological polar surface area (TPSA) is 23.5 Å². The lowest BCUT2D eigenvalue weighted by molar-refractivity contribution is -0.0801. The summed E-state index contributed by atoms with van der Waals surface area (Å²) < 4.78 is 0. The van der Waals surface area contributed by atoms with Crippen LogP contribution in [0.4, 0.5) is 0 Å². The Balaban J connectivity index is 2.17. The maximum atomic E-state index is 9.06. The predicted molar refractivity (Wildman–Crippen MR) is 50.2 cm³/mol. The summed E-state index contributed by atoms with van der Waals surface area (Å²) in [6, 6.07) is 0. The van der Waals surface area contributed by atoms with Gasteiger partial charge >= 0.3 is 0 Å². The van der Waals surface area contributed by atoms with Crippen LogP contribution in [0.5, 0.6) is 0 Å². The van der Waals surface area contributed by atoms with Crippen molar-refractivity contribution in [2.45, 2.75) is 39.0 Å². The van der Waals surface area contributed by atoms with E-state index in [1.807, 2.05) is 0 Å². The SMILES string of the molecule is CCC1CCC(CN(C)O)CC1. The minimum atomic E-state index is 0.739. The Hall–Kier alpha value is -0.0800. The molecule has 0 saturated heterocycles. The lowest BCUT2D eigenvalue weighted by Crippen LogP contribution is -2.25. The van der Waals surface area contributed by atoms with Gasteiger partial charge in [-0.1, -0.05) is 26.2 Å². The lowest BCUT2D eigenvalue weighted by atomic mass is 9.81. The molecular weight excluding hydrogens is 150 g/mol. The average Bonchev–Trinajstić information content (AvgIpc) is 2.05. The minimum absolute atomic E-state index is 0.739. The molecule has 0 atom stereocenters. The van der Waals surface area contributed by atoms with E-state index in [0.717, 1.165) is 18.4 Å². The maximum absolute atomic E-state index is 9.06. The molecule has 0 aromatic rings. The molecule has 72 valence electrons. The van der Waals surface area contributed by atoms with E-state index in [1.54, 1.807) is 7.05 Å². The van der Waals surface area contributed by atoms with Gasteiger partial charge in [-0.25, -0.2) is 0 Å². The zero-order chi connectivity index (χ0) is 8.97. The molecule has 1 saturated carbocycles. The van der Waals surface area contributed by atoms with Crippen molar-refractivity contribution in [1.82, 2.24) is 5.06 Å². The number of hydrogen-bond donors (Lipinski definition) is 1. The van der Waals surface area contributed by atoms with Gasteiger partial charge in [-0.05, 0) is 24.7 Å². The van der Waals surface area contributed by atoms with Gasteiger partial charge in [0.15, 0.2) is 0 Å². The van der Waals surface area contributed by atoms with E-state index < -0.39 is 0 Å². The van der Waals surface area contributed by atoms with Gasteiger partial charge in [0.05, 0.1) is 0 Å². The molecule has 1 aliphatic carbocycles. The Kier molecular flexibility index (Phi) is 4.02. The molecule has 1 aliphatic rings. The van der Waals surface area contributed by atoms with Crippen molar-refractivity contribution >= 4 is 0 Å². The molecule has 2 nitrogen and oxygen atoms in total. The molecule has 2 heteroatoms. The predicted octanol–water partition coefficient (Wildman–Crippen LogP) is 2.52. The van der Waals surface area contributed by atoms with Crippen molar-refractivity contribution in [3.05, 3.63) is 0 Å². The van der Waals surface area contributed by atoms with Crippen LogP contribution >= 0.6 is 0 Å². The standard InChI is InChI=1S/C10H21NO/c1-3-9-4-6-10(7-5-9)8-11(2)12/h9-10,12H,3-8H2,1-2H3. The Labute approximate surface area is 75.5 Å². The van der Waals surface area contributed by atoms with Gasteiger partial charge in [-0.3, -0.25) is 0 Å². The second-order valence-electron chi connectivity index (χ2n) is 4.14. The van der Waals surface area contributed by atoms with E-state index in [9.17, 15) is 0 Å². The van der Waals surface area contributed by atoms with Gasteiger partial charge in [0.25, 0.3) is 0 Å². The third-order valence-corrected chi connectivity index (χ3v) is 3.07. The van der Waals surface area contributed by atoms with Crippen LogP contribution in [-0.2, 0) is 0 Å². The van der Waals surface area contributed by atoms with Crippen LogP contribution in [0, 0.1) is 11.8 Å². The molecule has 0 heterocycles. The van der Waals surface area contributed by atoms with E-state index in [1.165, 1.54) is 37.2 Å². The van der Waals surface area contributed by atoms with Gasteiger partial charge < -0.3 is 5.21 Å².